The molecular weight excluding hydrogens is 656 g/mol. The Morgan fingerprint density at radius 3 is 1.87 bits per heavy atom. The fourth-order valence-corrected chi connectivity index (χ4v) is 8.05. The number of halogens is 1. The van der Waals surface area contributed by atoms with E-state index in [1.807, 2.05) is 54.6 Å². The molecule has 0 N–H and O–H groups in total. The molecule has 3 aromatic heterocycles. The van der Waals surface area contributed by atoms with E-state index >= 15 is 0 Å². The summed E-state index contributed by atoms with van der Waals surface area (Å²) in [5.41, 5.74) is 11.7. The van der Waals surface area contributed by atoms with Crippen molar-refractivity contribution in [3.05, 3.63) is 182 Å². The van der Waals surface area contributed by atoms with Gasteiger partial charge in [0.2, 0.25) is 0 Å². The summed E-state index contributed by atoms with van der Waals surface area (Å²) in [6.45, 7) is 0. The molecule has 3 heterocycles. The smallest absolute Gasteiger partial charge is 0.137 e. The van der Waals surface area contributed by atoms with E-state index < -0.39 is 0 Å². The van der Waals surface area contributed by atoms with Crippen molar-refractivity contribution in [1.82, 2.24) is 4.57 Å². The minimum absolute atomic E-state index is 0.247. The van der Waals surface area contributed by atoms with E-state index in [2.05, 4.69) is 119 Å². The van der Waals surface area contributed by atoms with Crippen molar-refractivity contribution in [2.75, 3.05) is 4.90 Å². The zero-order valence-electron chi connectivity index (χ0n) is 28.3. The van der Waals surface area contributed by atoms with Crippen molar-refractivity contribution >= 4 is 82.7 Å². The molecule has 5 heteroatoms. The van der Waals surface area contributed by atoms with Gasteiger partial charge < -0.3 is 18.3 Å². The first-order valence-electron chi connectivity index (χ1n) is 17.7. The molecule has 250 valence electrons. The Bertz CT molecular complexity index is 3190. The number of hydrogen-bond donors (Lipinski definition) is 0. The number of benzene rings is 8. The lowest BCUT2D eigenvalue weighted by Crippen LogP contribution is -2.10. The molecule has 0 fully saturated rings. The maximum Gasteiger partial charge on any atom is 0.137 e. The lowest BCUT2D eigenvalue weighted by molar-refractivity contribution is 0.627. The molecular formula is C48H29FN2O2. The Labute approximate surface area is 303 Å². The van der Waals surface area contributed by atoms with Gasteiger partial charge in [0.1, 0.15) is 28.1 Å². The van der Waals surface area contributed by atoms with E-state index in [0.29, 0.717) is 0 Å². The standard InChI is InChI=1S/C48H29FN2O2/c49-32-19-23-34(24-20-32)51-41-11-4-1-8-36(41)40-28-31(18-27-42(40)51)30-16-21-33(22-17-30)50(35-25-26-38-37-9-2-5-13-44(37)53-47(38)29-35)43-12-7-15-46-48(43)39-10-3-6-14-45(39)52-46/h1-29H. The molecule has 0 aliphatic heterocycles. The van der Waals surface area contributed by atoms with Gasteiger partial charge in [-0.3, -0.25) is 0 Å². The Morgan fingerprint density at radius 2 is 1.04 bits per heavy atom. The summed E-state index contributed by atoms with van der Waals surface area (Å²) in [4.78, 5) is 2.29. The van der Waals surface area contributed by atoms with Gasteiger partial charge in [0.15, 0.2) is 0 Å². The average molecular weight is 685 g/mol. The van der Waals surface area contributed by atoms with Crippen LogP contribution in [0.3, 0.4) is 0 Å². The van der Waals surface area contributed by atoms with Crippen molar-refractivity contribution < 1.29 is 13.2 Å². The van der Waals surface area contributed by atoms with Gasteiger partial charge in [-0.2, -0.15) is 0 Å². The third kappa shape index (κ3) is 4.61. The third-order valence-electron chi connectivity index (χ3n) is 10.5. The molecule has 0 unspecified atom stereocenters. The molecule has 0 saturated carbocycles. The Morgan fingerprint density at radius 1 is 0.415 bits per heavy atom. The molecule has 8 aromatic carbocycles. The molecule has 0 bridgehead atoms. The highest BCUT2D eigenvalue weighted by Gasteiger charge is 2.21. The number of furan rings is 2. The van der Waals surface area contributed by atoms with Crippen LogP contribution in [0.4, 0.5) is 21.5 Å². The fraction of sp³-hybridized carbons (Fsp3) is 0. The minimum Gasteiger partial charge on any atom is -0.456 e. The van der Waals surface area contributed by atoms with Gasteiger partial charge in [-0.05, 0) is 102 Å². The van der Waals surface area contributed by atoms with Gasteiger partial charge >= 0.3 is 0 Å². The van der Waals surface area contributed by atoms with E-state index in [1.165, 1.54) is 12.1 Å². The van der Waals surface area contributed by atoms with Gasteiger partial charge in [-0.15, -0.1) is 0 Å². The first-order chi connectivity index (χ1) is 26.2. The quantitative estimate of drug-likeness (QED) is 0.181. The number of fused-ring (bicyclic) bond motifs is 9. The van der Waals surface area contributed by atoms with Gasteiger partial charge in [0.25, 0.3) is 0 Å². The van der Waals surface area contributed by atoms with E-state index in [4.69, 9.17) is 8.83 Å². The fourth-order valence-electron chi connectivity index (χ4n) is 8.05. The van der Waals surface area contributed by atoms with E-state index in [9.17, 15) is 4.39 Å². The summed E-state index contributed by atoms with van der Waals surface area (Å²) in [6.07, 6.45) is 0. The maximum absolute atomic E-state index is 13.9. The van der Waals surface area contributed by atoms with Crippen LogP contribution in [-0.2, 0) is 0 Å². The van der Waals surface area contributed by atoms with Crippen LogP contribution in [0, 0.1) is 5.82 Å². The summed E-state index contributed by atoms with van der Waals surface area (Å²) < 4.78 is 28.8. The molecule has 4 nitrogen and oxygen atoms in total. The molecule has 0 aliphatic carbocycles. The van der Waals surface area contributed by atoms with Crippen molar-refractivity contribution in [3.63, 3.8) is 0 Å². The highest BCUT2D eigenvalue weighted by atomic mass is 19.1. The number of anilines is 3. The lowest BCUT2D eigenvalue weighted by atomic mass is 10.0. The minimum atomic E-state index is -0.247. The van der Waals surface area contributed by atoms with Crippen LogP contribution in [0.2, 0.25) is 0 Å². The van der Waals surface area contributed by atoms with E-state index in [-0.39, 0.29) is 5.82 Å². The van der Waals surface area contributed by atoms with Crippen LogP contribution in [0.5, 0.6) is 0 Å². The Balaban J connectivity index is 1.07. The molecule has 0 radical (unpaired) electrons. The summed E-state index contributed by atoms with van der Waals surface area (Å²) in [7, 11) is 0. The van der Waals surface area contributed by atoms with Crippen molar-refractivity contribution in [3.8, 4) is 16.8 Å². The van der Waals surface area contributed by atoms with Crippen molar-refractivity contribution in [2.45, 2.75) is 0 Å². The second-order valence-corrected chi connectivity index (χ2v) is 13.5. The van der Waals surface area contributed by atoms with Crippen molar-refractivity contribution in [1.29, 1.82) is 0 Å². The summed E-state index contributed by atoms with van der Waals surface area (Å²) in [5.74, 6) is -0.247. The largest absolute Gasteiger partial charge is 0.456 e. The first kappa shape index (κ1) is 29.6. The van der Waals surface area contributed by atoms with Crippen LogP contribution in [0.25, 0.3) is 82.5 Å². The third-order valence-corrected chi connectivity index (χ3v) is 10.5. The number of para-hydroxylation sites is 3. The second kappa shape index (κ2) is 11.5. The summed E-state index contributed by atoms with van der Waals surface area (Å²) >= 11 is 0. The topological polar surface area (TPSA) is 34.5 Å². The molecule has 0 spiro atoms. The highest BCUT2D eigenvalue weighted by molar-refractivity contribution is 6.14. The van der Waals surface area contributed by atoms with E-state index in [1.54, 1.807) is 0 Å². The van der Waals surface area contributed by atoms with Crippen LogP contribution < -0.4 is 4.90 Å². The van der Waals surface area contributed by atoms with E-state index in [0.717, 1.165) is 99.6 Å². The average Bonchev–Trinajstić information content (AvgIpc) is 3.88. The summed E-state index contributed by atoms with van der Waals surface area (Å²) in [6, 6.07) is 59.5. The molecule has 11 aromatic rings. The predicted molar refractivity (Wildman–Crippen MR) is 215 cm³/mol. The summed E-state index contributed by atoms with van der Waals surface area (Å²) in [5, 5.41) is 6.61. The zero-order valence-corrected chi connectivity index (χ0v) is 28.3. The monoisotopic (exact) mass is 684 g/mol. The molecule has 11 rings (SSSR count). The predicted octanol–water partition coefficient (Wildman–Crippen LogP) is 13.9. The number of nitrogens with zero attached hydrogens (tertiary/aromatic N) is 2. The molecule has 0 atom stereocenters. The van der Waals surface area contributed by atoms with Crippen LogP contribution in [0.15, 0.2) is 185 Å². The number of rotatable bonds is 5. The van der Waals surface area contributed by atoms with Crippen LogP contribution in [0.1, 0.15) is 0 Å². The van der Waals surface area contributed by atoms with Gasteiger partial charge in [0.05, 0.1) is 22.1 Å². The highest BCUT2D eigenvalue weighted by Crippen LogP contribution is 2.45. The molecule has 0 saturated heterocycles. The normalized spacial score (nSPS) is 11.9. The van der Waals surface area contributed by atoms with Crippen LogP contribution in [-0.4, -0.2) is 4.57 Å². The van der Waals surface area contributed by atoms with Gasteiger partial charge in [-0.25, -0.2) is 4.39 Å². The lowest BCUT2D eigenvalue weighted by Gasteiger charge is -2.26. The number of hydrogen-bond acceptors (Lipinski definition) is 3. The Hall–Kier alpha value is -7.11. The number of aromatic nitrogens is 1. The van der Waals surface area contributed by atoms with Gasteiger partial charge in [0, 0.05) is 50.1 Å². The van der Waals surface area contributed by atoms with Crippen molar-refractivity contribution in [2.24, 2.45) is 0 Å². The Kier molecular flexibility index (Phi) is 6.40. The molecule has 0 aliphatic rings. The zero-order chi connectivity index (χ0) is 35.0. The van der Waals surface area contributed by atoms with Gasteiger partial charge in [-0.1, -0.05) is 78.9 Å². The molecule has 0 amide bonds. The molecule has 53 heavy (non-hydrogen) atoms. The van der Waals surface area contributed by atoms with Crippen LogP contribution >= 0.6 is 0 Å². The second-order valence-electron chi connectivity index (χ2n) is 13.5. The maximum atomic E-state index is 13.9. The first-order valence-corrected chi connectivity index (χ1v) is 17.7. The SMILES string of the molecule is Fc1ccc(-n2c3ccccc3c3cc(-c4ccc(N(c5ccc6c(c5)oc5ccccc56)c5cccc6oc7ccccc7c56)cc4)ccc32)cc1.